The number of allylic oxidation sites excluding steroid dienone is 5. The van der Waals surface area contributed by atoms with E-state index in [4.69, 9.17) is 6.57 Å². The zero-order chi connectivity index (χ0) is 10.2. The summed E-state index contributed by atoms with van der Waals surface area (Å²) >= 11 is 0. The molecule has 0 aromatic carbocycles. The van der Waals surface area contributed by atoms with Gasteiger partial charge < -0.3 is 0 Å². The minimum absolute atomic E-state index is 0.230. The number of hydrogen-bond donors (Lipinski definition) is 0. The summed E-state index contributed by atoms with van der Waals surface area (Å²) in [6, 6.07) is 0. The van der Waals surface area contributed by atoms with Gasteiger partial charge in [0.05, 0.1) is 6.57 Å². The van der Waals surface area contributed by atoms with Gasteiger partial charge in [-0.15, -0.1) is 0 Å². The molecule has 2 nitrogen and oxygen atoms in total. The third kappa shape index (κ3) is 1.06. The van der Waals surface area contributed by atoms with Crippen molar-refractivity contribution in [2.24, 2.45) is 5.41 Å². The Morgan fingerprint density at radius 1 is 1.57 bits per heavy atom. The molecule has 0 aliphatic heterocycles. The Morgan fingerprint density at radius 2 is 2.36 bits per heavy atom. The quantitative estimate of drug-likeness (QED) is 0.531. The fourth-order valence-electron chi connectivity index (χ4n) is 2.06. The zero-order valence-electron chi connectivity index (χ0n) is 8.08. The number of ketones is 1. The summed E-state index contributed by atoms with van der Waals surface area (Å²) in [7, 11) is 0. The second-order valence-corrected chi connectivity index (χ2v) is 3.87. The van der Waals surface area contributed by atoms with Crippen LogP contribution in [0.25, 0.3) is 4.85 Å². The van der Waals surface area contributed by atoms with Crippen LogP contribution in [0.5, 0.6) is 0 Å². The van der Waals surface area contributed by atoms with Crippen LogP contribution in [0.1, 0.15) is 19.8 Å². The molecule has 0 bridgehead atoms. The molecule has 0 aromatic heterocycles. The van der Waals surface area contributed by atoms with E-state index >= 15 is 0 Å². The Labute approximate surface area is 83.4 Å². The Balaban J connectivity index is 2.54. The molecule has 2 rings (SSSR count). The molecule has 2 aliphatic carbocycles. The van der Waals surface area contributed by atoms with Crippen molar-refractivity contribution in [3.63, 3.8) is 0 Å². The Morgan fingerprint density at radius 3 is 3.07 bits per heavy atom. The third-order valence-corrected chi connectivity index (χ3v) is 3.01. The normalized spacial score (nSPS) is 30.1. The van der Waals surface area contributed by atoms with E-state index in [-0.39, 0.29) is 5.78 Å². The fraction of sp³-hybridized carbons (Fsp3) is 0.333. The first-order valence-electron chi connectivity index (χ1n) is 4.67. The third-order valence-electron chi connectivity index (χ3n) is 3.01. The number of carbonyl (C=O) groups is 1. The van der Waals surface area contributed by atoms with Gasteiger partial charge in [0.2, 0.25) is 0 Å². The summed E-state index contributed by atoms with van der Waals surface area (Å²) in [4.78, 5) is 15.2. The van der Waals surface area contributed by atoms with E-state index in [2.05, 4.69) is 4.85 Å². The molecule has 1 unspecified atom stereocenters. The molecule has 0 aromatic rings. The molecular formula is C12H11NO. The van der Waals surface area contributed by atoms with Gasteiger partial charge in [0, 0.05) is 11.8 Å². The lowest BCUT2D eigenvalue weighted by molar-refractivity contribution is -0.124. The molecule has 70 valence electrons. The first-order chi connectivity index (χ1) is 6.68. The molecule has 1 atom stereocenters. The van der Waals surface area contributed by atoms with Gasteiger partial charge in [0.25, 0.3) is 0 Å². The van der Waals surface area contributed by atoms with Gasteiger partial charge in [0.1, 0.15) is 5.78 Å². The van der Waals surface area contributed by atoms with E-state index in [1.807, 2.05) is 25.2 Å². The standard InChI is InChI=1S/C12H11NO/c1-12-8-4-3-5-10(13-2)9(12)6-7-11(12)14/h3-6H,7-8H2,1H3. The molecule has 0 saturated heterocycles. The van der Waals surface area contributed by atoms with Crippen molar-refractivity contribution in [2.45, 2.75) is 19.8 Å². The highest BCUT2D eigenvalue weighted by atomic mass is 16.1. The van der Waals surface area contributed by atoms with Crippen LogP contribution >= 0.6 is 0 Å². The van der Waals surface area contributed by atoms with Crippen molar-refractivity contribution in [1.29, 1.82) is 0 Å². The number of nitrogens with zero attached hydrogens (tertiary/aromatic N) is 1. The van der Waals surface area contributed by atoms with E-state index in [0.29, 0.717) is 18.5 Å². The maximum Gasteiger partial charge on any atom is 0.191 e. The fourth-order valence-corrected chi connectivity index (χ4v) is 2.06. The van der Waals surface area contributed by atoms with Crippen molar-refractivity contribution >= 4 is 5.78 Å². The smallest absolute Gasteiger partial charge is 0.191 e. The molecule has 0 amide bonds. The number of hydrogen-bond acceptors (Lipinski definition) is 1. The summed E-state index contributed by atoms with van der Waals surface area (Å²) in [6.45, 7) is 9.00. The predicted octanol–water partition coefficient (Wildman–Crippen LogP) is 2.65. The van der Waals surface area contributed by atoms with Gasteiger partial charge >= 0.3 is 0 Å². The molecular weight excluding hydrogens is 174 g/mol. The topological polar surface area (TPSA) is 21.4 Å². The maximum atomic E-state index is 11.7. The molecule has 0 fully saturated rings. The highest BCUT2D eigenvalue weighted by Gasteiger charge is 2.41. The SMILES string of the molecule is [C-]#[N+]C1=CC=CCC2(C)C(=O)CC=C12. The molecule has 0 saturated carbocycles. The van der Waals surface area contributed by atoms with Crippen molar-refractivity contribution in [2.75, 3.05) is 0 Å². The first kappa shape index (κ1) is 8.96. The lowest BCUT2D eigenvalue weighted by Gasteiger charge is -2.23. The highest BCUT2D eigenvalue weighted by Crippen LogP contribution is 2.44. The Hall–Kier alpha value is -1.62. The second-order valence-electron chi connectivity index (χ2n) is 3.87. The van der Waals surface area contributed by atoms with Crippen LogP contribution in [0.4, 0.5) is 0 Å². The zero-order valence-corrected chi connectivity index (χ0v) is 8.08. The van der Waals surface area contributed by atoms with Crippen LogP contribution in [-0.4, -0.2) is 5.78 Å². The van der Waals surface area contributed by atoms with E-state index in [1.165, 1.54) is 0 Å². The molecule has 0 radical (unpaired) electrons. The second kappa shape index (κ2) is 2.95. The number of Topliss-reactive ketones (excluding diaryl/α,β-unsaturated/α-hetero) is 1. The van der Waals surface area contributed by atoms with Crippen molar-refractivity contribution in [3.8, 4) is 0 Å². The summed E-state index contributed by atoms with van der Waals surface area (Å²) in [5.74, 6) is 0.230. The monoisotopic (exact) mass is 185 g/mol. The van der Waals surface area contributed by atoms with E-state index < -0.39 is 5.41 Å². The average molecular weight is 185 g/mol. The number of fused-ring (bicyclic) bond motifs is 1. The van der Waals surface area contributed by atoms with Crippen LogP contribution in [0.2, 0.25) is 0 Å². The van der Waals surface area contributed by atoms with Crippen LogP contribution in [-0.2, 0) is 4.79 Å². The average Bonchev–Trinajstić information content (AvgIpc) is 2.37. The molecule has 14 heavy (non-hydrogen) atoms. The highest BCUT2D eigenvalue weighted by molar-refractivity contribution is 5.94. The lowest BCUT2D eigenvalue weighted by atomic mass is 9.79. The van der Waals surface area contributed by atoms with Crippen molar-refractivity contribution in [3.05, 3.63) is 47.0 Å². The van der Waals surface area contributed by atoms with E-state index in [1.54, 1.807) is 6.08 Å². The van der Waals surface area contributed by atoms with Crippen LogP contribution < -0.4 is 0 Å². The van der Waals surface area contributed by atoms with Gasteiger partial charge in [-0.25, -0.2) is 4.85 Å². The largest absolute Gasteiger partial charge is 0.298 e. The van der Waals surface area contributed by atoms with Crippen LogP contribution in [0.15, 0.2) is 35.6 Å². The van der Waals surface area contributed by atoms with Gasteiger partial charge in [-0.05, 0) is 18.9 Å². The first-order valence-corrected chi connectivity index (χ1v) is 4.67. The lowest BCUT2D eigenvalue weighted by Crippen LogP contribution is -2.24. The number of carbonyl (C=O) groups excluding carboxylic acids is 1. The number of rotatable bonds is 0. The van der Waals surface area contributed by atoms with Gasteiger partial charge in [-0.2, -0.15) is 0 Å². The Kier molecular flexibility index (Phi) is 1.89. The molecule has 0 heterocycles. The van der Waals surface area contributed by atoms with Crippen LogP contribution in [0, 0.1) is 12.0 Å². The minimum atomic E-state index is -0.441. The molecule has 0 spiro atoms. The van der Waals surface area contributed by atoms with E-state index in [9.17, 15) is 4.79 Å². The minimum Gasteiger partial charge on any atom is -0.298 e. The van der Waals surface area contributed by atoms with Crippen LogP contribution in [0.3, 0.4) is 0 Å². The van der Waals surface area contributed by atoms with Crippen molar-refractivity contribution in [1.82, 2.24) is 0 Å². The maximum absolute atomic E-state index is 11.7. The van der Waals surface area contributed by atoms with Crippen molar-refractivity contribution < 1.29 is 4.79 Å². The summed E-state index contributed by atoms with van der Waals surface area (Å²) in [5, 5.41) is 0. The molecule has 2 aliphatic rings. The van der Waals surface area contributed by atoms with Gasteiger partial charge in [0.15, 0.2) is 5.70 Å². The van der Waals surface area contributed by atoms with Gasteiger partial charge in [-0.3, -0.25) is 4.79 Å². The predicted molar refractivity (Wildman–Crippen MR) is 54.3 cm³/mol. The van der Waals surface area contributed by atoms with E-state index in [0.717, 1.165) is 5.57 Å². The summed E-state index contributed by atoms with van der Waals surface area (Å²) in [5.41, 5.74) is 1.10. The Bertz CT molecular complexity index is 420. The summed E-state index contributed by atoms with van der Waals surface area (Å²) in [6.07, 6.45) is 8.72. The molecule has 0 N–H and O–H groups in total. The van der Waals surface area contributed by atoms with Gasteiger partial charge in [-0.1, -0.05) is 24.3 Å². The summed E-state index contributed by atoms with van der Waals surface area (Å²) < 4.78 is 0. The molecule has 2 heteroatoms.